The van der Waals surface area contributed by atoms with Gasteiger partial charge in [-0.3, -0.25) is 0 Å². The van der Waals surface area contributed by atoms with Crippen LogP contribution in [0.1, 0.15) is 5.69 Å². The van der Waals surface area contributed by atoms with Gasteiger partial charge < -0.3 is 9.84 Å². The van der Waals surface area contributed by atoms with Crippen molar-refractivity contribution in [2.24, 2.45) is 0 Å². The Labute approximate surface area is 98.2 Å². The highest BCUT2D eigenvalue weighted by atomic mass is 16.5. The number of carbonyl (C=O) groups is 1. The third kappa shape index (κ3) is 2.42. The first-order valence-electron chi connectivity index (χ1n) is 5.05. The molecule has 0 radical (unpaired) electrons. The molecule has 4 heteroatoms. The molecule has 0 aliphatic rings. The number of para-hydroxylation sites is 1. The summed E-state index contributed by atoms with van der Waals surface area (Å²) in [6.07, 6.45) is 2.83. The Bertz CT molecular complexity index is 590. The molecule has 0 aliphatic carbocycles. The third-order valence-electron chi connectivity index (χ3n) is 2.31. The summed E-state index contributed by atoms with van der Waals surface area (Å²) in [7, 11) is 1.31. The topological polar surface area (TPSA) is 59.4 Å². The second kappa shape index (κ2) is 4.65. The number of hydrogen-bond donors (Lipinski definition) is 1. The Balaban J connectivity index is 2.41. The molecule has 1 heterocycles. The summed E-state index contributed by atoms with van der Waals surface area (Å²) in [6.45, 7) is 0. The van der Waals surface area contributed by atoms with Crippen LogP contribution in [-0.4, -0.2) is 23.2 Å². The molecular formula is C13H11NO3. The second-order valence-corrected chi connectivity index (χ2v) is 3.44. The highest BCUT2D eigenvalue weighted by molar-refractivity contribution is 5.88. The van der Waals surface area contributed by atoms with E-state index in [1.807, 2.05) is 12.1 Å². The van der Waals surface area contributed by atoms with Gasteiger partial charge in [-0.05, 0) is 18.2 Å². The van der Waals surface area contributed by atoms with Crippen molar-refractivity contribution in [2.75, 3.05) is 7.11 Å². The molecule has 1 N–H and O–H groups in total. The molecule has 0 amide bonds. The van der Waals surface area contributed by atoms with Crippen molar-refractivity contribution in [1.29, 1.82) is 0 Å². The molecule has 0 unspecified atom stereocenters. The molecule has 0 saturated carbocycles. The molecule has 0 bridgehead atoms. The molecule has 2 rings (SSSR count). The number of aromatic nitrogens is 1. The van der Waals surface area contributed by atoms with E-state index in [1.54, 1.807) is 18.2 Å². The molecule has 0 fully saturated rings. The average Bonchev–Trinajstić information content (AvgIpc) is 2.36. The van der Waals surface area contributed by atoms with Gasteiger partial charge in [0, 0.05) is 11.5 Å². The second-order valence-electron chi connectivity index (χ2n) is 3.44. The zero-order valence-electron chi connectivity index (χ0n) is 9.25. The van der Waals surface area contributed by atoms with Crippen LogP contribution in [0, 0.1) is 0 Å². The van der Waals surface area contributed by atoms with Crippen molar-refractivity contribution >= 4 is 22.9 Å². The first-order valence-corrected chi connectivity index (χ1v) is 5.05. The number of rotatable bonds is 2. The summed E-state index contributed by atoms with van der Waals surface area (Å²) in [5, 5.41) is 10.5. The van der Waals surface area contributed by atoms with Gasteiger partial charge >= 0.3 is 5.97 Å². The number of phenols is 1. The fourth-order valence-electron chi connectivity index (χ4n) is 1.46. The summed E-state index contributed by atoms with van der Waals surface area (Å²) in [5.74, 6) is -0.319. The first kappa shape index (κ1) is 11.1. The SMILES string of the molecule is COC(=O)C=Cc1ccc2cccc(O)c2n1. The number of aromatic hydroxyl groups is 1. The van der Waals surface area contributed by atoms with Gasteiger partial charge in [-0.15, -0.1) is 0 Å². The smallest absolute Gasteiger partial charge is 0.330 e. The van der Waals surface area contributed by atoms with Crippen molar-refractivity contribution in [1.82, 2.24) is 4.98 Å². The first-order chi connectivity index (χ1) is 8.20. The molecule has 0 aliphatic heterocycles. The monoisotopic (exact) mass is 229 g/mol. The molecule has 1 aromatic carbocycles. The van der Waals surface area contributed by atoms with E-state index in [2.05, 4.69) is 9.72 Å². The summed E-state index contributed by atoms with van der Waals surface area (Å²) in [6, 6.07) is 8.78. The van der Waals surface area contributed by atoms with E-state index >= 15 is 0 Å². The molecule has 4 nitrogen and oxygen atoms in total. The standard InChI is InChI=1S/C13H11NO3/c1-17-12(16)8-7-10-6-5-9-3-2-4-11(15)13(9)14-10/h2-8,15H,1H3. The van der Waals surface area contributed by atoms with Crippen LogP contribution >= 0.6 is 0 Å². The number of ether oxygens (including phenoxy) is 1. The van der Waals surface area contributed by atoms with Gasteiger partial charge in [0.1, 0.15) is 11.3 Å². The molecular weight excluding hydrogens is 218 g/mol. The number of fused-ring (bicyclic) bond motifs is 1. The lowest BCUT2D eigenvalue weighted by atomic mass is 10.2. The van der Waals surface area contributed by atoms with E-state index in [9.17, 15) is 9.90 Å². The maximum absolute atomic E-state index is 10.9. The van der Waals surface area contributed by atoms with Crippen molar-refractivity contribution in [3.8, 4) is 5.75 Å². The highest BCUT2D eigenvalue weighted by Gasteiger charge is 2.01. The summed E-state index contributed by atoms with van der Waals surface area (Å²) in [4.78, 5) is 15.2. The highest BCUT2D eigenvalue weighted by Crippen LogP contribution is 2.22. The lowest BCUT2D eigenvalue weighted by Crippen LogP contribution is -1.93. The van der Waals surface area contributed by atoms with E-state index in [-0.39, 0.29) is 5.75 Å². The summed E-state index contributed by atoms with van der Waals surface area (Å²) >= 11 is 0. The summed E-state index contributed by atoms with van der Waals surface area (Å²) in [5.41, 5.74) is 1.10. The largest absolute Gasteiger partial charge is 0.506 e. The van der Waals surface area contributed by atoms with Crippen LogP contribution in [-0.2, 0) is 9.53 Å². The van der Waals surface area contributed by atoms with Gasteiger partial charge in [0.2, 0.25) is 0 Å². The van der Waals surface area contributed by atoms with E-state index in [4.69, 9.17) is 0 Å². The van der Waals surface area contributed by atoms with Crippen LogP contribution in [0.2, 0.25) is 0 Å². The van der Waals surface area contributed by atoms with Gasteiger partial charge in [-0.25, -0.2) is 9.78 Å². The third-order valence-corrected chi connectivity index (χ3v) is 2.31. The number of esters is 1. The zero-order chi connectivity index (χ0) is 12.3. The quantitative estimate of drug-likeness (QED) is 0.633. The number of phenolic OH excluding ortho intramolecular Hbond substituents is 1. The zero-order valence-corrected chi connectivity index (χ0v) is 9.25. The van der Waals surface area contributed by atoms with Gasteiger partial charge in [-0.2, -0.15) is 0 Å². The Morgan fingerprint density at radius 3 is 2.94 bits per heavy atom. The minimum absolute atomic E-state index is 0.121. The Morgan fingerprint density at radius 1 is 1.35 bits per heavy atom. The van der Waals surface area contributed by atoms with Gasteiger partial charge in [-0.1, -0.05) is 18.2 Å². The minimum Gasteiger partial charge on any atom is -0.506 e. The number of nitrogens with zero attached hydrogens (tertiary/aromatic N) is 1. The number of hydrogen-bond acceptors (Lipinski definition) is 4. The number of carbonyl (C=O) groups excluding carboxylic acids is 1. The Morgan fingerprint density at radius 2 is 2.18 bits per heavy atom. The van der Waals surface area contributed by atoms with Crippen molar-refractivity contribution < 1.29 is 14.6 Å². The number of pyridine rings is 1. The Kier molecular flexibility index (Phi) is 3.05. The minimum atomic E-state index is -0.441. The number of methoxy groups -OCH3 is 1. The average molecular weight is 229 g/mol. The lowest BCUT2D eigenvalue weighted by Gasteiger charge is -2.00. The fraction of sp³-hybridized carbons (Fsp3) is 0.0769. The van der Waals surface area contributed by atoms with Crippen LogP contribution in [0.5, 0.6) is 5.75 Å². The number of benzene rings is 1. The normalized spacial score (nSPS) is 10.9. The maximum atomic E-state index is 10.9. The van der Waals surface area contributed by atoms with Gasteiger partial charge in [0.15, 0.2) is 0 Å². The van der Waals surface area contributed by atoms with Crippen molar-refractivity contribution in [3.05, 3.63) is 42.1 Å². The van der Waals surface area contributed by atoms with Crippen LogP contribution in [0.4, 0.5) is 0 Å². The van der Waals surface area contributed by atoms with Crippen LogP contribution in [0.25, 0.3) is 17.0 Å². The molecule has 0 saturated heterocycles. The fourth-order valence-corrected chi connectivity index (χ4v) is 1.46. The summed E-state index contributed by atoms with van der Waals surface area (Å²) < 4.78 is 4.48. The van der Waals surface area contributed by atoms with Crippen LogP contribution < -0.4 is 0 Å². The van der Waals surface area contributed by atoms with E-state index < -0.39 is 5.97 Å². The Hall–Kier alpha value is -2.36. The molecule has 17 heavy (non-hydrogen) atoms. The predicted octanol–water partition coefficient (Wildman–Crippen LogP) is 2.13. The van der Waals surface area contributed by atoms with E-state index in [0.29, 0.717) is 11.2 Å². The van der Waals surface area contributed by atoms with Crippen molar-refractivity contribution in [2.45, 2.75) is 0 Å². The molecule has 0 atom stereocenters. The maximum Gasteiger partial charge on any atom is 0.330 e. The van der Waals surface area contributed by atoms with Gasteiger partial charge in [0.05, 0.1) is 12.8 Å². The van der Waals surface area contributed by atoms with Crippen molar-refractivity contribution in [3.63, 3.8) is 0 Å². The lowest BCUT2D eigenvalue weighted by molar-refractivity contribution is -0.134. The molecule has 2 aromatic rings. The van der Waals surface area contributed by atoms with E-state index in [0.717, 1.165) is 5.39 Å². The predicted molar refractivity (Wildman–Crippen MR) is 64.5 cm³/mol. The van der Waals surface area contributed by atoms with Crippen LogP contribution in [0.3, 0.4) is 0 Å². The van der Waals surface area contributed by atoms with Crippen LogP contribution in [0.15, 0.2) is 36.4 Å². The molecule has 0 spiro atoms. The molecule has 86 valence electrons. The molecule has 1 aromatic heterocycles. The van der Waals surface area contributed by atoms with E-state index in [1.165, 1.54) is 19.3 Å². The van der Waals surface area contributed by atoms with Gasteiger partial charge in [0.25, 0.3) is 0 Å².